The van der Waals surface area contributed by atoms with Crippen LogP contribution in [0.1, 0.15) is 11.3 Å². The highest BCUT2D eigenvalue weighted by Crippen LogP contribution is 2.12. The van der Waals surface area contributed by atoms with Crippen molar-refractivity contribution in [2.75, 3.05) is 0 Å². The molecule has 0 spiro atoms. The highest BCUT2D eigenvalue weighted by Gasteiger charge is 2.16. The van der Waals surface area contributed by atoms with Gasteiger partial charge in [0.2, 0.25) is 10.0 Å². The van der Waals surface area contributed by atoms with E-state index in [-0.39, 0.29) is 16.5 Å². The van der Waals surface area contributed by atoms with E-state index in [1.807, 2.05) is 6.92 Å². The van der Waals surface area contributed by atoms with Gasteiger partial charge in [-0.15, -0.1) is 0 Å². The molecule has 2 aromatic rings. The second-order valence-electron chi connectivity index (χ2n) is 4.22. The summed E-state index contributed by atoms with van der Waals surface area (Å²) in [5.41, 5.74) is 1.10. The molecule has 0 aliphatic rings. The number of sulfonamides is 1. The standard InChI is InChI=1S/C11H13ClN4O3S/c1-7-8(4-14-16(7)2)5-15-20(18,19)9-3-10(12)11(17)13-6-9/h3-4,6,15H,5H2,1-2H3,(H,13,17). The summed E-state index contributed by atoms with van der Waals surface area (Å²) < 4.78 is 28.2. The molecule has 9 heteroatoms. The van der Waals surface area contributed by atoms with Gasteiger partial charge in [-0.1, -0.05) is 11.6 Å². The normalized spacial score (nSPS) is 11.8. The molecule has 0 unspecified atom stereocenters. The predicted octanol–water partition coefficient (Wildman–Crippen LogP) is 0.549. The van der Waals surface area contributed by atoms with Crippen LogP contribution in [0.4, 0.5) is 0 Å². The fourth-order valence-corrected chi connectivity index (χ4v) is 2.80. The lowest BCUT2D eigenvalue weighted by atomic mass is 10.3. The summed E-state index contributed by atoms with van der Waals surface area (Å²) in [6.45, 7) is 1.95. The van der Waals surface area contributed by atoms with Crippen molar-refractivity contribution in [3.63, 3.8) is 0 Å². The van der Waals surface area contributed by atoms with E-state index < -0.39 is 15.6 Å². The van der Waals surface area contributed by atoms with E-state index in [1.54, 1.807) is 17.9 Å². The van der Waals surface area contributed by atoms with Gasteiger partial charge in [0.15, 0.2) is 0 Å². The predicted molar refractivity (Wildman–Crippen MR) is 74.0 cm³/mol. The maximum Gasteiger partial charge on any atom is 0.266 e. The number of rotatable bonds is 4. The minimum absolute atomic E-state index is 0.0938. The molecular formula is C11H13ClN4O3S. The van der Waals surface area contributed by atoms with Gasteiger partial charge in [-0.05, 0) is 13.0 Å². The van der Waals surface area contributed by atoms with E-state index in [9.17, 15) is 13.2 Å². The third-order valence-corrected chi connectivity index (χ3v) is 4.59. The molecule has 20 heavy (non-hydrogen) atoms. The average Bonchev–Trinajstić information content (AvgIpc) is 2.71. The summed E-state index contributed by atoms with van der Waals surface area (Å²) in [7, 11) is -1.97. The maximum absolute atomic E-state index is 12.1. The summed E-state index contributed by atoms with van der Waals surface area (Å²) in [5.74, 6) is 0. The van der Waals surface area contributed by atoms with Crippen LogP contribution in [-0.4, -0.2) is 23.2 Å². The first-order chi connectivity index (χ1) is 9.31. The Morgan fingerprint density at radius 3 is 2.75 bits per heavy atom. The number of H-pyrrole nitrogens is 1. The highest BCUT2D eigenvalue weighted by molar-refractivity contribution is 7.89. The molecule has 2 aromatic heterocycles. The quantitative estimate of drug-likeness (QED) is 0.860. The van der Waals surface area contributed by atoms with Crippen molar-refractivity contribution in [2.24, 2.45) is 7.05 Å². The molecule has 2 N–H and O–H groups in total. The zero-order valence-electron chi connectivity index (χ0n) is 10.8. The molecule has 2 heterocycles. The zero-order chi connectivity index (χ0) is 14.9. The Labute approximate surface area is 120 Å². The molecule has 0 aliphatic carbocycles. The number of pyridine rings is 1. The van der Waals surface area contributed by atoms with Crippen molar-refractivity contribution in [3.8, 4) is 0 Å². The zero-order valence-corrected chi connectivity index (χ0v) is 12.4. The van der Waals surface area contributed by atoms with Crippen molar-refractivity contribution in [1.82, 2.24) is 19.5 Å². The average molecular weight is 317 g/mol. The fourth-order valence-electron chi connectivity index (χ4n) is 1.57. The molecule has 0 saturated heterocycles. The molecule has 0 amide bonds. The Hall–Kier alpha value is -1.64. The van der Waals surface area contributed by atoms with Gasteiger partial charge in [0.1, 0.15) is 5.02 Å². The lowest BCUT2D eigenvalue weighted by Gasteiger charge is -2.06. The molecule has 0 aromatic carbocycles. The lowest BCUT2D eigenvalue weighted by molar-refractivity contribution is 0.580. The van der Waals surface area contributed by atoms with Crippen LogP contribution in [0.25, 0.3) is 0 Å². The number of hydrogen-bond donors (Lipinski definition) is 2. The first-order valence-corrected chi connectivity index (χ1v) is 7.53. The molecule has 0 saturated carbocycles. The van der Waals surface area contributed by atoms with Crippen LogP contribution in [0.5, 0.6) is 0 Å². The van der Waals surface area contributed by atoms with Gasteiger partial charge in [-0.25, -0.2) is 13.1 Å². The van der Waals surface area contributed by atoms with Crippen LogP contribution >= 0.6 is 11.6 Å². The van der Waals surface area contributed by atoms with Gasteiger partial charge in [0.25, 0.3) is 5.56 Å². The second kappa shape index (κ2) is 5.39. The van der Waals surface area contributed by atoms with E-state index in [0.29, 0.717) is 0 Å². The van der Waals surface area contributed by atoms with Crippen LogP contribution in [0.2, 0.25) is 5.02 Å². The monoisotopic (exact) mass is 316 g/mol. The van der Waals surface area contributed by atoms with Crippen LogP contribution in [-0.2, 0) is 23.6 Å². The summed E-state index contributed by atoms with van der Waals surface area (Å²) in [4.78, 5) is 13.3. The SMILES string of the molecule is Cc1c(CNS(=O)(=O)c2c[nH]c(=O)c(Cl)c2)cnn1C. The minimum atomic E-state index is -3.75. The maximum atomic E-state index is 12.1. The molecule has 0 atom stereocenters. The van der Waals surface area contributed by atoms with Crippen LogP contribution in [0.3, 0.4) is 0 Å². The molecule has 108 valence electrons. The van der Waals surface area contributed by atoms with Crippen LogP contribution in [0, 0.1) is 6.92 Å². The van der Waals surface area contributed by atoms with Crippen LogP contribution < -0.4 is 10.3 Å². The summed E-state index contributed by atoms with van der Waals surface area (Å²) in [6, 6.07) is 1.11. The van der Waals surface area contributed by atoms with Gasteiger partial charge in [-0.2, -0.15) is 5.10 Å². The van der Waals surface area contributed by atoms with E-state index in [1.165, 1.54) is 0 Å². The number of hydrogen-bond acceptors (Lipinski definition) is 4. The fraction of sp³-hybridized carbons (Fsp3) is 0.273. The number of nitrogens with zero attached hydrogens (tertiary/aromatic N) is 2. The number of halogens is 1. The van der Waals surface area contributed by atoms with Gasteiger partial charge in [0, 0.05) is 31.0 Å². The Morgan fingerprint density at radius 1 is 1.50 bits per heavy atom. The number of aryl methyl sites for hydroxylation is 1. The molecule has 0 aliphatic heterocycles. The second-order valence-corrected chi connectivity index (χ2v) is 6.39. The number of nitrogens with one attached hydrogen (secondary N) is 2. The van der Waals surface area contributed by atoms with E-state index in [4.69, 9.17) is 11.6 Å². The third kappa shape index (κ3) is 2.92. The topological polar surface area (TPSA) is 96.8 Å². The number of aromatic nitrogens is 3. The van der Waals surface area contributed by atoms with Crippen molar-refractivity contribution in [1.29, 1.82) is 0 Å². The summed E-state index contributed by atoms with van der Waals surface area (Å²) >= 11 is 5.62. The highest BCUT2D eigenvalue weighted by atomic mass is 35.5. The summed E-state index contributed by atoms with van der Waals surface area (Å²) in [5, 5.41) is 3.85. The van der Waals surface area contributed by atoms with E-state index in [0.717, 1.165) is 23.5 Å². The number of aromatic amines is 1. The Balaban J connectivity index is 2.21. The van der Waals surface area contributed by atoms with Gasteiger partial charge in [0.05, 0.1) is 11.1 Å². The first-order valence-electron chi connectivity index (χ1n) is 5.66. The minimum Gasteiger partial charge on any atom is -0.326 e. The van der Waals surface area contributed by atoms with Crippen molar-refractivity contribution >= 4 is 21.6 Å². The largest absolute Gasteiger partial charge is 0.326 e. The molecule has 0 radical (unpaired) electrons. The van der Waals surface area contributed by atoms with Crippen molar-refractivity contribution < 1.29 is 8.42 Å². The molecule has 0 fully saturated rings. The lowest BCUT2D eigenvalue weighted by Crippen LogP contribution is -2.24. The van der Waals surface area contributed by atoms with Gasteiger partial charge >= 0.3 is 0 Å². The third-order valence-electron chi connectivity index (χ3n) is 2.93. The van der Waals surface area contributed by atoms with Crippen molar-refractivity contribution in [3.05, 3.63) is 45.1 Å². The molecule has 7 nitrogen and oxygen atoms in total. The smallest absolute Gasteiger partial charge is 0.266 e. The van der Waals surface area contributed by atoms with E-state index >= 15 is 0 Å². The van der Waals surface area contributed by atoms with E-state index in [2.05, 4.69) is 14.8 Å². The molecule has 2 rings (SSSR count). The Bertz CT molecular complexity index is 794. The van der Waals surface area contributed by atoms with Gasteiger partial charge < -0.3 is 4.98 Å². The molecule has 0 bridgehead atoms. The summed E-state index contributed by atoms with van der Waals surface area (Å²) in [6.07, 6.45) is 2.70. The van der Waals surface area contributed by atoms with Crippen LogP contribution in [0.15, 0.2) is 28.2 Å². The first kappa shape index (κ1) is 14.8. The van der Waals surface area contributed by atoms with Crippen molar-refractivity contribution in [2.45, 2.75) is 18.4 Å². The molecular weight excluding hydrogens is 304 g/mol. The van der Waals surface area contributed by atoms with Gasteiger partial charge in [-0.3, -0.25) is 9.48 Å². The Morgan fingerprint density at radius 2 is 2.20 bits per heavy atom. The Kier molecular flexibility index (Phi) is 3.98.